The molecule has 0 spiro atoms. The van der Waals surface area contributed by atoms with Crippen LogP contribution >= 0.6 is 0 Å². The van der Waals surface area contributed by atoms with Gasteiger partial charge in [0.2, 0.25) is 0 Å². The summed E-state index contributed by atoms with van der Waals surface area (Å²) in [5, 5.41) is 12.9. The normalized spacial score (nSPS) is 38.2. The minimum atomic E-state index is -4.97. The number of ether oxygens (including phenoxy) is 1. The predicted molar refractivity (Wildman–Crippen MR) is 137 cm³/mol. The molecule has 3 rings (SSSR count). The van der Waals surface area contributed by atoms with Gasteiger partial charge in [0, 0.05) is 30.7 Å². The molecule has 1 aliphatic carbocycles. The largest absolute Gasteiger partial charge is 0.471 e. The number of amides is 1. The first-order valence-electron chi connectivity index (χ1n) is 13.9. The second kappa shape index (κ2) is 12.5. The van der Waals surface area contributed by atoms with Gasteiger partial charge in [-0.05, 0) is 81.8 Å². The number of carbonyl (C=O) groups excluding carboxylic acids is 3. The highest BCUT2D eigenvalue weighted by Crippen LogP contribution is 2.49. The molecule has 3 aliphatic rings. The van der Waals surface area contributed by atoms with E-state index in [-0.39, 0.29) is 56.0 Å². The number of carbonyl (C=O) groups is 3. The van der Waals surface area contributed by atoms with Crippen LogP contribution in [0.15, 0.2) is 23.3 Å². The third kappa shape index (κ3) is 6.95. The fourth-order valence-corrected chi connectivity index (χ4v) is 6.62. The van der Waals surface area contributed by atoms with Crippen molar-refractivity contribution >= 4 is 17.5 Å². The van der Waals surface area contributed by atoms with Gasteiger partial charge in [-0.25, -0.2) is 0 Å². The Hall–Kier alpha value is -2.00. The van der Waals surface area contributed by atoms with Gasteiger partial charge in [-0.15, -0.1) is 0 Å². The van der Waals surface area contributed by atoms with E-state index < -0.39 is 35.4 Å². The van der Waals surface area contributed by atoms with Gasteiger partial charge in [0.15, 0.2) is 0 Å². The van der Waals surface area contributed by atoms with Gasteiger partial charge in [0.25, 0.3) is 0 Å². The summed E-state index contributed by atoms with van der Waals surface area (Å²) in [6, 6.07) is 0. The van der Waals surface area contributed by atoms with E-state index in [9.17, 15) is 32.7 Å². The molecule has 2 bridgehead atoms. The fraction of sp³-hybridized carbons (Fsp3) is 0.759. The van der Waals surface area contributed by atoms with Crippen LogP contribution in [0.2, 0.25) is 0 Å². The van der Waals surface area contributed by atoms with Crippen LogP contribution in [0.3, 0.4) is 0 Å². The Morgan fingerprint density at radius 1 is 1.16 bits per heavy atom. The molecule has 1 saturated heterocycles. The maximum Gasteiger partial charge on any atom is 0.471 e. The average Bonchev–Trinajstić information content (AvgIpc) is 3.23. The Kier molecular flexibility index (Phi) is 10.0. The number of Topliss-reactive ketones (excluding diaryl/α,β-unsaturated/α-hetero) is 2. The quantitative estimate of drug-likeness (QED) is 0.375. The van der Waals surface area contributed by atoms with Crippen LogP contribution in [0.1, 0.15) is 85.5 Å². The number of fused-ring (bicyclic) bond motifs is 3. The van der Waals surface area contributed by atoms with Gasteiger partial charge >= 0.3 is 12.1 Å². The predicted octanol–water partition coefficient (Wildman–Crippen LogP) is 5.24. The first-order valence-corrected chi connectivity index (χ1v) is 13.9. The van der Waals surface area contributed by atoms with E-state index in [0.29, 0.717) is 37.2 Å². The highest BCUT2D eigenvalue weighted by Gasteiger charge is 2.50. The lowest BCUT2D eigenvalue weighted by Gasteiger charge is -2.45. The third-order valence-electron chi connectivity index (χ3n) is 8.91. The summed E-state index contributed by atoms with van der Waals surface area (Å²) in [7, 11) is 0. The number of hydrogen-bond donors (Lipinski definition) is 2. The molecule has 0 unspecified atom stereocenters. The van der Waals surface area contributed by atoms with Crippen molar-refractivity contribution in [2.24, 2.45) is 23.2 Å². The Morgan fingerprint density at radius 2 is 1.87 bits per heavy atom. The van der Waals surface area contributed by atoms with Gasteiger partial charge in [-0.1, -0.05) is 26.0 Å². The lowest BCUT2D eigenvalue weighted by molar-refractivity contribution is -0.173. The molecule has 214 valence electrons. The number of ketones is 2. The van der Waals surface area contributed by atoms with Gasteiger partial charge in [-0.3, -0.25) is 14.4 Å². The second-order valence-electron chi connectivity index (χ2n) is 11.6. The third-order valence-corrected chi connectivity index (χ3v) is 8.91. The summed E-state index contributed by atoms with van der Waals surface area (Å²) in [5.41, 5.74) is 0.804. The van der Waals surface area contributed by atoms with Gasteiger partial charge in [-0.2, -0.15) is 13.2 Å². The smallest absolute Gasteiger partial charge is 0.389 e. The van der Waals surface area contributed by atoms with Crippen molar-refractivity contribution in [3.63, 3.8) is 0 Å². The number of hydrogen-bond acceptors (Lipinski definition) is 5. The standard InChI is InChI=1S/C29H42F3NO5/c1-17-7-5-8-25(36)28(12-6-14-33-27(37)29(30,31)32)13-11-24(35)20(4)22(28)16-18(2)23(34)10-9-21-15-19(3)26(17)38-21/h7,16,19-23,26,34H,5-6,8-15H2,1-4H3,(H,33,37)/b17-7+,18-16+/t19-,20+,21-,22+,23+,26+,28+/m1/s1. The lowest BCUT2D eigenvalue weighted by Crippen LogP contribution is -2.48. The van der Waals surface area contributed by atoms with Crippen molar-refractivity contribution in [2.45, 2.75) is 110 Å². The monoisotopic (exact) mass is 541 g/mol. The average molecular weight is 542 g/mol. The van der Waals surface area contributed by atoms with Crippen molar-refractivity contribution in [2.75, 3.05) is 6.54 Å². The number of halogens is 3. The Balaban J connectivity index is 1.92. The molecule has 2 N–H and O–H groups in total. The van der Waals surface area contributed by atoms with Crippen LogP contribution in [-0.4, -0.2) is 53.6 Å². The minimum Gasteiger partial charge on any atom is -0.389 e. The van der Waals surface area contributed by atoms with E-state index in [1.54, 1.807) is 13.8 Å². The zero-order chi connectivity index (χ0) is 28.3. The molecule has 6 nitrogen and oxygen atoms in total. The maximum absolute atomic E-state index is 13.9. The molecule has 7 atom stereocenters. The molecule has 0 aromatic heterocycles. The zero-order valence-corrected chi connectivity index (χ0v) is 22.9. The molecule has 2 fully saturated rings. The van der Waals surface area contributed by atoms with E-state index in [1.807, 2.05) is 24.4 Å². The maximum atomic E-state index is 13.9. The Labute approximate surface area is 223 Å². The topological polar surface area (TPSA) is 92.7 Å². The highest BCUT2D eigenvalue weighted by atomic mass is 19.4. The fourth-order valence-electron chi connectivity index (χ4n) is 6.62. The first-order chi connectivity index (χ1) is 17.8. The SMILES string of the molecule is C/C1=C\[C@H]2[C@H](C)C(=O)CC[C@]2(CCCNC(=O)C(F)(F)F)C(=O)CC/C=C(\C)[C@@H]2O[C@H](CC[C@@H]1O)C[C@H]2C. The second-order valence-corrected chi connectivity index (χ2v) is 11.6. The van der Waals surface area contributed by atoms with Crippen LogP contribution in [-0.2, 0) is 19.1 Å². The Bertz CT molecular complexity index is 958. The van der Waals surface area contributed by atoms with Crippen LogP contribution in [0.5, 0.6) is 0 Å². The van der Waals surface area contributed by atoms with Crippen LogP contribution in [0.4, 0.5) is 13.2 Å². The van der Waals surface area contributed by atoms with E-state index >= 15 is 0 Å². The number of aliphatic hydroxyl groups is 1. The van der Waals surface area contributed by atoms with Crippen molar-refractivity contribution in [3.05, 3.63) is 23.3 Å². The summed E-state index contributed by atoms with van der Waals surface area (Å²) >= 11 is 0. The molecule has 0 radical (unpaired) electrons. The van der Waals surface area contributed by atoms with Crippen molar-refractivity contribution in [1.29, 1.82) is 0 Å². The van der Waals surface area contributed by atoms with Crippen LogP contribution in [0, 0.1) is 23.2 Å². The van der Waals surface area contributed by atoms with Crippen LogP contribution < -0.4 is 5.32 Å². The molecule has 0 aromatic rings. The molecule has 2 aliphatic heterocycles. The summed E-state index contributed by atoms with van der Waals surface area (Å²) in [6.07, 6.45) is 2.00. The summed E-state index contributed by atoms with van der Waals surface area (Å²) in [5.74, 6) is -2.60. The van der Waals surface area contributed by atoms with Crippen molar-refractivity contribution < 1.29 is 37.4 Å². The molecule has 2 heterocycles. The Morgan fingerprint density at radius 3 is 2.55 bits per heavy atom. The molecule has 9 heteroatoms. The lowest BCUT2D eigenvalue weighted by atomic mass is 9.56. The van der Waals surface area contributed by atoms with E-state index in [2.05, 4.69) is 6.92 Å². The van der Waals surface area contributed by atoms with E-state index in [1.165, 1.54) is 0 Å². The van der Waals surface area contributed by atoms with Crippen LogP contribution in [0.25, 0.3) is 0 Å². The van der Waals surface area contributed by atoms with Crippen molar-refractivity contribution in [1.82, 2.24) is 5.32 Å². The molecule has 0 aromatic carbocycles. The molecular weight excluding hydrogens is 499 g/mol. The molecule has 38 heavy (non-hydrogen) atoms. The number of allylic oxidation sites excluding steroid dienone is 2. The molecule has 1 saturated carbocycles. The summed E-state index contributed by atoms with van der Waals surface area (Å²) in [6.45, 7) is 7.54. The highest BCUT2D eigenvalue weighted by molar-refractivity contribution is 5.90. The first kappa shape index (κ1) is 30.5. The number of alkyl halides is 3. The van der Waals surface area contributed by atoms with Gasteiger partial charge < -0.3 is 15.2 Å². The number of rotatable bonds is 4. The molecule has 1 amide bonds. The minimum absolute atomic E-state index is 0.0275. The van der Waals surface area contributed by atoms with E-state index in [0.717, 1.165) is 12.0 Å². The van der Waals surface area contributed by atoms with Crippen molar-refractivity contribution in [3.8, 4) is 0 Å². The van der Waals surface area contributed by atoms with E-state index in [4.69, 9.17) is 4.74 Å². The number of aliphatic hydroxyl groups excluding tert-OH is 1. The molecular formula is C29H42F3NO5. The zero-order valence-electron chi connectivity index (χ0n) is 22.9. The summed E-state index contributed by atoms with van der Waals surface area (Å²) in [4.78, 5) is 38.0. The van der Waals surface area contributed by atoms with Gasteiger partial charge in [0.05, 0.1) is 18.3 Å². The number of nitrogens with one attached hydrogen (secondary N) is 1. The summed E-state index contributed by atoms with van der Waals surface area (Å²) < 4.78 is 44.2. The van der Waals surface area contributed by atoms with Gasteiger partial charge in [0.1, 0.15) is 11.6 Å².